The smallest absolute Gasteiger partial charge is 0.419 e. The van der Waals surface area contributed by atoms with Crippen molar-refractivity contribution in [3.8, 4) is 11.5 Å². The van der Waals surface area contributed by atoms with Gasteiger partial charge in [0.15, 0.2) is 5.16 Å². The third-order valence-electron chi connectivity index (χ3n) is 3.48. The third-order valence-corrected chi connectivity index (χ3v) is 4.61. The van der Waals surface area contributed by atoms with E-state index in [4.69, 9.17) is 4.42 Å². The number of aromatic nitrogens is 5. The van der Waals surface area contributed by atoms with Crippen LogP contribution in [-0.4, -0.2) is 29.9 Å². The molecule has 0 aliphatic heterocycles. The number of hydrogen-bond acceptors (Lipinski definition) is 8. The van der Waals surface area contributed by atoms with E-state index in [2.05, 4.69) is 20.4 Å². The van der Waals surface area contributed by atoms with E-state index >= 15 is 0 Å². The average Bonchev–Trinajstić information content (AvgIpc) is 3.22. The van der Waals surface area contributed by atoms with Gasteiger partial charge in [0.05, 0.1) is 10.2 Å². The summed E-state index contributed by atoms with van der Waals surface area (Å²) in [5, 5.41) is 24.7. The summed E-state index contributed by atoms with van der Waals surface area (Å²) >= 11 is 0.979. The van der Waals surface area contributed by atoms with Crippen molar-refractivity contribution in [3.63, 3.8) is 0 Å². The number of benzene rings is 1. The Kier molecular flexibility index (Phi) is 4.87. The van der Waals surface area contributed by atoms with Gasteiger partial charge in [-0.15, -0.1) is 20.4 Å². The summed E-state index contributed by atoms with van der Waals surface area (Å²) in [6.45, 7) is 1.67. The maximum atomic E-state index is 12.8. The van der Waals surface area contributed by atoms with Crippen LogP contribution in [0.25, 0.3) is 11.5 Å². The fourth-order valence-electron chi connectivity index (χ4n) is 2.11. The molecule has 0 bridgehead atoms. The molecule has 0 saturated carbocycles. The Hall–Kier alpha value is -2.96. The SMILES string of the molecule is C[C@@H](Sc1nnc(C(F)(F)F)n1C)c1nnc(-c2ccc([N+](=O)[O-])cc2)o1. The zero-order valence-corrected chi connectivity index (χ0v) is 14.7. The van der Waals surface area contributed by atoms with Gasteiger partial charge < -0.3 is 8.98 Å². The highest BCUT2D eigenvalue weighted by Gasteiger charge is 2.37. The fourth-order valence-corrected chi connectivity index (χ4v) is 2.96. The highest BCUT2D eigenvalue weighted by atomic mass is 32.2. The molecular formula is C14H11F3N6O3S. The standard InChI is InChI=1S/C14H11F3N6O3S/c1-7(27-13-21-20-12(22(13)2)14(15,16)17)10-18-19-11(26-10)8-3-5-9(6-4-8)23(24)25/h3-7H,1-2H3/t7-/m1/s1. The van der Waals surface area contributed by atoms with Crippen molar-refractivity contribution in [1.82, 2.24) is 25.0 Å². The molecule has 1 atom stereocenters. The van der Waals surface area contributed by atoms with E-state index in [0.717, 1.165) is 16.3 Å². The zero-order valence-electron chi connectivity index (χ0n) is 13.8. The second-order valence-corrected chi connectivity index (χ2v) is 6.68. The Morgan fingerprint density at radius 1 is 1.19 bits per heavy atom. The number of non-ortho nitro benzene ring substituents is 1. The molecule has 1 aromatic carbocycles. The second kappa shape index (κ2) is 6.98. The van der Waals surface area contributed by atoms with Gasteiger partial charge in [-0.3, -0.25) is 10.1 Å². The van der Waals surface area contributed by atoms with Gasteiger partial charge in [-0.25, -0.2) is 0 Å². The molecule has 0 amide bonds. The Balaban J connectivity index is 1.76. The summed E-state index contributed by atoms with van der Waals surface area (Å²) in [5.41, 5.74) is 0.403. The van der Waals surface area contributed by atoms with E-state index in [0.29, 0.717) is 5.56 Å². The quantitative estimate of drug-likeness (QED) is 0.362. The summed E-state index contributed by atoms with van der Waals surface area (Å²) < 4.78 is 44.7. The van der Waals surface area contributed by atoms with Gasteiger partial charge in [-0.05, 0) is 19.1 Å². The lowest BCUT2D eigenvalue weighted by Gasteiger charge is -2.08. The molecule has 0 aliphatic rings. The first-order valence-electron chi connectivity index (χ1n) is 7.38. The lowest BCUT2D eigenvalue weighted by molar-refractivity contribution is -0.384. The topological polar surface area (TPSA) is 113 Å². The van der Waals surface area contributed by atoms with E-state index in [1.54, 1.807) is 6.92 Å². The molecule has 3 aromatic rings. The summed E-state index contributed by atoms with van der Waals surface area (Å²) in [6, 6.07) is 5.53. The van der Waals surface area contributed by atoms with Crippen molar-refractivity contribution < 1.29 is 22.5 Å². The molecule has 13 heteroatoms. The molecule has 0 aliphatic carbocycles. The lowest BCUT2D eigenvalue weighted by atomic mass is 10.2. The normalized spacial score (nSPS) is 12.9. The molecule has 0 saturated heterocycles. The minimum atomic E-state index is -4.60. The number of hydrogen-bond donors (Lipinski definition) is 0. The first-order valence-corrected chi connectivity index (χ1v) is 8.26. The van der Waals surface area contributed by atoms with Crippen molar-refractivity contribution in [1.29, 1.82) is 0 Å². The van der Waals surface area contributed by atoms with Crippen molar-refractivity contribution in [2.45, 2.75) is 23.5 Å². The van der Waals surface area contributed by atoms with Gasteiger partial charge in [0.25, 0.3) is 5.69 Å². The molecule has 2 heterocycles. The van der Waals surface area contributed by atoms with Crippen LogP contribution in [0.3, 0.4) is 0 Å². The van der Waals surface area contributed by atoms with Crippen LogP contribution < -0.4 is 0 Å². The Morgan fingerprint density at radius 3 is 2.41 bits per heavy atom. The molecule has 0 spiro atoms. The van der Waals surface area contributed by atoms with Crippen LogP contribution in [0, 0.1) is 10.1 Å². The number of halogens is 3. The lowest BCUT2D eigenvalue weighted by Crippen LogP contribution is -2.13. The minimum Gasteiger partial charge on any atom is -0.419 e. The van der Waals surface area contributed by atoms with Crippen LogP contribution in [0.1, 0.15) is 23.9 Å². The van der Waals surface area contributed by atoms with Crippen LogP contribution in [0.5, 0.6) is 0 Å². The van der Waals surface area contributed by atoms with Gasteiger partial charge in [0, 0.05) is 24.7 Å². The molecular weight excluding hydrogens is 389 g/mol. The summed E-state index contributed by atoms with van der Waals surface area (Å²) in [6.07, 6.45) is -4.60. The Morgan fingerprint density at radius 2 is 1.85 bits per heavy atom. The number of thioether (sulfide) groups is 1. The minimum absolute atomic E-state index is 0.0462. The number of nitrogens with zero attached hydrogens (tertiary/aromatic N) is 6. The zero-order chi connectivity index (χ0) is 19.8. The monoisotopic (exact) mass is 400 g/mol. The van der Waals surface area contributed by atoms with Gasteiger partial charge in [0.1, 0.15) is 0 Å². The van der Waals surface area contributed by atoms with Crippen molar-refractivity contribution >= 4 is 17.4 Å². The summed E-state index contributed by atoms with van der Waals surface area (Å²) in [5.74, 6) is -0.791. The molecule has 9 nitrogen and oxygen atoms in total. The maximum Gasteiger partial charge on any atom is 0.451 e. The molecule has 0 unspecified atom stereocenters. The maximum absolute atomic E-state index is 12.8. The van der Waals surface area contributed by atoms with Crippen LogP contribution in [-0.2, 0) is 13.2 Å². The van der Waals surface area contributed by atoms with Crippen LogP contribution in [0.4, 0.5) is 18.9 Å². The molecule has 0 fully saturated rings. The molecule has 2 aromatic heterocycles. The predicted molar refractivity (Wildman–Crippen MR) is 86.7 cm³/mol. The van der Waals surface area contributed by atoms with Crippen LogP contribution in [0.2, 0.25) is 0 Å². The number of alkyl halides is 3. The number of rotatable bonds is 5. The second-order valence-electron chi connectivity index (χ2n) is 5.37. The van der Waals surface area contributed by atoms with Crippen molar-refractivity contribution in [2.75, 3.05) is 0 Å². The highest BCUT2D eigenvalue weighted by molar-refractivity contribution is 7.99. The van der Waals surface area contributed by atoms with Crippen molar-refractivity contribution in [2.24, 2.45) is 7.05 Å². The first kappa shape index (κ1) is 18.8. The highest BCUT2D eigenvalue weighted by Crippen LogP contribution is 2.36. The van der Waals surface area contributed by atoms with Gasteiger partial charge in [-0.2, -0.15) is 13.2 Å². The van der Waals surface area contributed by atoms with Gasteiger partial charge in [0.2, 0.25) is 17.6 Å². The third kappa shape index (κ3) is 3.92. The van der Waals surface area contributed by atoms with Gasteiger partial charge >= 0.3 is 6.18 Å². The number of nitro groups is 1. The molecule has 27 heavy (non-hydrogen) atoms. The number of nitro benzene ring substituents is 1. The largest absolute Gasteiger partial charge is 0.451 e. The molecule has 3 rings (SSSR count). The van der Waals surface area contributed by atoms with E-state index in [1.807, 2.05) is 0 Å². The summed E-state index contributed by atoms with van der Waals surface area (Å²) in [4.78, 5) is 10.1. The fraction of sp³-hybridized carbons (Fsp3) is 0.286. The Labute approximate surface area is 153 Å². The molecule has 0 radical (unpaired) electrons. The van der Waals surface area contributed by atoms with Crippen LogP contribution >= 0.6 is 11.8 Å². The predicted octanol–water partition coefficient (Wildman–Crippen LogP) is 3.65. The van der Waals surface area contributed by atoms with Crippen LogP contribution in [0.15, 0.2) is 33.8 Å². The van der Waals surface area contributed by atoms with E-state index in [-0.39, 0.29) is 22.6 Å². The average molecular weight is 400 g/mol. The Bertz CT molecular complexity index is 969. The molecule has 142 valence electrons. The summed E-state index contributed by atoms with van der Waals surface area (Å²) in [7, 11) is 1.22. The van der Waals surface area contributed by atoms with E-state index < -0.39 is 22.2 Å². The van der Waals surface area contributed by atoms with E-state index in [1.165, 1.54) is 31.3 Å². The van der Waals surface area contributed by atoms with Crippen molar-refractivity contribution in [3.05, 3.63) is 46.1 Å². The molecule has 0 N–H and O–H groups in total. The first-order chi connectivity index (χ1) is 12.7. The van der Waals surface area contributed by atoms with E-state index in [9.17, 15) is 23.3 Å². The van der Waals surface area contributed by atoms with Gasteiger partial charge in [-0.1, -0.05) is 11.8 Å².